The molecule has 1 aliphatic rings. The van der Waals surface area contributed by atoms with E-state index in [1.165, 1.54) is 0 Å². The van der Waals surface area contributed by atoms with E-state index in [-0.39, 0.29) is 17.8 Å². The second-order valence-corrected chi connectivity index (χ2v) is 4.94. The SMILES string of the molecule is CCC1OC(=O)C(OC(=O)C(C)(C)CC)=C1C. The Balaban J connectivity index is 2.85. The van der Waals surface area contributed by atoms with Crippen molar-refractivity contribution in [2.24, 2.45) is 5.41 Å². The summed E-state index contributed by atoms with van der Waals surface area (Å²) in [5.74, 6) is -0.846. The molecule has 0 aromatic rings. The zero-order valence-electron chi connectivity index (χ0n) is 11.1. The molecule has 0 amide bonds. The number of esters is 2. The van der Waals surface area contributed by atoms with Crippen LogP contribution in [0.3, 0.4) is 0 Å². The number of rotatable bonds is 4. The molecular weight excluding hydrogens is 220 g/mol. The molecule has 0 N–H and O–H groups in total. The van der Waals surface area contributed by atoms with Gasteiger partial charge in [0.05, 0.1) is 5.41 Å². The first kappa shape index (κ1) is 13.7. The van der Waals surface area contributed by atoms with E-state index >= 15 is 0 Å². The summed E-state index contributed by atoms with van der Waals surface area (Å²) in [5.41, 5.74) is 0.121. The fraction of sp³-hybridized carbons (Fsp3) is 0.692. The minimum atomic E-state index is -0.585. The Morgan fingerprint density at radius 3 is 2.41 bits per heavy atom. The van der Waals surface area contributed by atoms with Gasteiger partial charge in [-0.05, 0) is 33.6 Å². The van der Waals surface area contributed by atoms with Crippen LogP contribution < -0.4 is 0 Å². The number of carbonyl (C=O) groups is 2. The van der Waals surface area contributed by atoms with Gasteiger partial charge in [-0.25, -0.2) is 4.79 Å². The standard InChI is InChI=1S/C13H20O4/c1-6-9-8(3)10(11(14)16-9)17-12(15)13(4,5)7-2/h9H,6-7H2,1-5H3. The number of ether oxygens (including phenoxy) is 2. The normalized spacial score (nSPS) is 20.5. The molecule has 1 unspecified atom stereocenters. The highest BCUT2D eigenvalue weighted by molar-refractivity contribution is 5.93. The van der Waals surface area contributed by atoms with Crippen molar-refractivity contribution in [3.05, 3.63) is 11.3 Å². The molecule has 0 bridgehead atoms. The van der Waals surface area contributed by atoms with Crippen molar-refractivity contribution in [2.45, 2.75) is 53.6 Å². The van der Waals surface area contributed by atoms with E-state index in [0.717, 1.165) is 0 Å². The molecule has 4 heteroatoms. The molecule has 4 nitrogen and oxygen atoms in total. The molecule has 0 saturated carbocycles. The van der Waals surface area contributed by atoms with Crippen molar-refractivity contribution in [1.82, 2.24) is 0 Å². The molecule has 0 aromatic heterocycles. The summed E-state index contributed by atoms with van der Waals surface area (Å²) in [5, 5.41) is 0. The Hall–Kier alpha value is -1.32. The minimum Gasteiger partial charge on any atom is -0.452 e. The van der Waals surface area contributed by atoms with Gasteiger partial charge in [0, 0.05) is 5.57 Å². The summed E-state index contributed by atoms with van der Waals surface area (Å²) in [4.78, 5) is 23.4. The minimum absolute atomic E-state index is 0.0726. The topological polar surface area (TPSA) is 52.6 Å². The maximum atomic E-state index is 11.9. The lowest BCUT2D eigenvalue weighted by molar-refractivity contribution is -0.156. The van der Waals surface area contributed by atoms with Gasteiger partial charge in [0.2, 0.25) is 5.76 Å². The molecule has 0 aliphatic carbocycles. The third kappa shape index (κ3) is 2.68. The van der Waals surface area contributed by atoms with E-state index in [2.05, 4.69) is 0 Å². The van der Waals surface area contributed by atoms with Crippen LogP contribution in [0.1, 0.15) is 47.5 Å². The van der Waals surface area contributed by atoms with Crippen LogP contribution in [0.15, 0.2) is 11.3 Å². The van der Waals surface area contributed by atoms with Crippen molar-refractivity contribution in [2.75, 3.05) is 0 Å². The Morgan fingerprint density at radius 1 is 1.41 bits per heavy atom. The van der Waals surface area contributed by atoms with E-state index in [1.807, 2.05) is 13.8 Å². The van der Waals surface area contributed by atoms with Gasteiger partial charge in [-0.2, -0.15) is 0 Å². The lowest BCUT2D eigenvalue weighted by Crippen LogP contribution is -2.26. The highest BCUT2D eigenvalue weighted by atomic mass is 16.6. The first-order valence-corrected chi connectivity index (χ1v) is 5.97. The fourth-order valence-electron chi connectivity index (χ4n) is 1.47. The lowest BCUT2D eigenvalue weighted by atomic mass is 9.91. The molecule has 0 aromatic carbocycles. The van der Waals surface area contributed by atoms with E-state index in [4.69, 9.17) is 9.47 Å². The van der Waals surface area contributed by atoms with Crippen LogP contribution in [-0.2, 0) is 19.1 Å². The Morgan fingerprint density at radius 2 is 2.00 bits per heavy atom. The average Bonchev–Trinajstić information content (AvgIpc) is 2.56. The summed E-state index contributed by atoms with van der Waals surface area (Å²) in [6.07, 6.45) is 1.09. The van der Waals surface area contributed by atoms with Crippen LogP contribution in [0, 0.1) is 5.41 Å². The van der Waals surface area contributed by atoms with Gasteiger partial charge in [-0.15, -0.1) is 0 Å². The number of carbonyl (C=O) groups excluding carboxylic acids is 2. The van der Waals surface area contributed by atoms with Gasteiger partial charge in [0.1, 0.15) is 6.10 Å². The van der Waals surface area contributed by atoms with Crippen LogP contribution >= 0.6 is 0 Å². The lowest BCUT2D eigenvalue weighted by Gasteiger charge is -2.19. The summed E-state index contributed by atoms with van der Waals surface area (Å²) in [6, 6.07) is 0. The van der Waals surface area contributed by atoms with Crippen LogP contribution in [0.2, 0.25) is 0 Å². The summed E-state index contributed by atoms with van der Waals surface area (Å²) >= 11 is 0. The molecule has 0 saturated heterocycles. The molecule has 0 radical (unpaired) electrons. The van der Waals surface area contributed by atoms with Gasteiger partial charge >= 0.3 is 11.9 Å². The number of hydrogen-bond donors (Lipinski definition) is 0. The van der Waals surface area contributed by atoms with E-state index in [1.54, 1.807) is 20.8 Å². The van der Waals surface area contributed by atoms with Crippen LogP contribution in [-0.4, -0.2) is 18.0 Å². The zero-order valence-corrected chi connectivity index (χ0v) is 11.1. The van der Waals surface area contributed by atoms with Gasteiger partial charge in [0.25, 0.3) is 0 Å². The number of cyclic esters (lactones) is 1. The van der Waals surface area contributed by atoms with Gasteiger partial charge in [-0.1, -0.05) is 13.8 Å². The molecule has 1 atom stereocenters. The fourth-order valence-corrected chi connectivity index (χ4v) is 1.47. The third-order valence-electron chi connectivity index (χ3n) is 3.28. The predicted octanol–water partition coefficient (Wildman–Crippen LogP) is 2.58. The largest absolute Gasteiger partial charge is 0.452 e. The van der Waals surface area contributed by atoms with Crippen molar-refractivity contribution >= 4 is 11.9 Å². The molecule has 1 aliphatic heterocycles. The summed E-state index contributed by atoms with van der Waals surface area (Å²) in [6.45, 7) is 9.18. The van der Waals surface area contributed by atoms with Crippen LogP contribution in [0.4, 0.5) is 0 Å². The molecular formula is C13H20O4. The van der Waals surface area contributed by atoms with Crippen molar-refractivity contribution in [3.63, 3.8) is 0 Å². The first-order chi connectivity index (χ1) is 7.83. The molecule has 0 spiro atoms. The highest BCUT2D eigenvalue weighted by Gasteiger charge is 2.36. The van der Waals surface area contributed by atoms with Crippen molar-refractivity contribution in [3.8, 4) is 0 Å². The third-order valence-corrected chi connectivity index (χ3v) is 3.28. The highest BCUT2D eigenvalue weighted by Crippen LogP contribution is 2.29. The summed E-state index contributed by atoms with van der Waals surface area (Å²) < 4.78 is 10.3. The maximum Gasteiger partial charge on any atom is 0.375 e. The monoisotopic (exact) mass is 240 g/mol. The Kier molecular flexibility index (Phi) is 3.96. The van der Waals surface area contributed by atoms with Gasteiger partial charge < -0.3 is 9.47 Å². The molecule has 0 fully saturated rings. The quantitative estimate of drug-likeness (QED) is 0.709. The van der Waals surface area contributed by atoms with Crippen LogP contribution in [0.5, 0.6) is 0 Å². The smallest absolute Gasteiger partial charge is 0.375 e. The van der Waals surface area contributed by atoms with Crippen molar-refractivity contribution in [1.29, 1.82) is 0 Å². The summed E-state index contributed by atoms with van der Waals surface area (Å²) in [7, 11) is 0. The predicted molar refractivity (Wildman–Crippen MR) is 63.0 cm³/mol. The first-order valence-electron chi connectivity index (χ1n) is 5.97. The maximum absolute atomic E-state index is 11.9. The molecule has 1 heterocycles. The molecule has 17 heavy (non-hydrogen) atoms. The van der Waals surface area contributed by atoms with Gasteiger partial charge in [0.15, 0.2) is 0 Å². The van der Waals surface area contributed by atoms with Gasteiger partial charge in [-0.3, -0.25) is 4.79 Å². The molecule has 96 valence electrons. The zero-order chi connectivity index (χ0) is 13.2. The average molecular weight is 240 g/mol. The Labute approximate surface area is 102 Å². The van der Waals surface area contributed by atoms with Crippen LogP contribution in [0.25, 0.3) is 0 Å². The number of hydrogen-bond acceptors (Lipinski definition) is 4. The van der Waals surface area contributed by atoms with Crippen molar-refractivity contribution < 1.29 is 19.1 Å². The molecule has 1 rings (SSSR count). The van der Waals surface area contributed by atoms with E-state index in [9.17, 15) is 9.59 Å². The van der Waals surface area contributed by atoms with E-state index in [0.29, 0.717) is 18.4 Å². The second-order valence-electron chi connectivity index (χ2n) is 4.94. The van der Waals surface area contributed by atoms with E-state index < -0.39 is 11.4 Å². The second kappa shape index (κ2) is 4.90. The Bertz CT molecular complexity index is 366.